The van der Waals surface area contributed by atoms with Gasteiger partial charge in [-0.05, 0) is 25.0 Å². The molecule has 1 heterocycles. The molecule has 0 saturated heterocycles. The van der Waals surface area contributed by atoms with Gasteiger partial charge in [0.05, 0.1) is 17.2 Å². The molecule has 2 aromatic rings. The molecule has 0 atom stereocenters. The highest BCUT2D eigenvalue weighted by molar-refractivity contribution is 5.75. The van der Waals surface area contributed by atoms with Gasteiger partial charge in [0.25, 0.3) is 0 Å². The molecule has 1 aromatic heterocycles. The van der Waals surface area contributed by atoms with Gasteiger partial charge in [0, 0.05) is 19.8 Å². The van der Waals surface area contributed by atoms with Crippen molar-refractivity contribution in [3.05, 3.63) is 30.5 Å². The molecule has 0 aliphatic carbocycles. The lowest BCUT2D eigenvalue weighted by molar-refractivity contribution is 0.134. The maximum Gasteiger partial charge on any atom is 0.145 e. The van der Waals surface area contributed by atoms with Gasteiger partial charge in [0.1, 0.15) is 5.82 Å². The highest BCUT2D eigenvalue weighted by atomic mass is 16.5. The molecular formula is C14H19N3O. The summed E-state index contributed by atoms with van der Waals surface area (Å²) in [6.45, 7) is 4.61. The number of benzene rings is 1. The van der Waals surface area contributed by atoms with E-state index in [1.54, 1.807) is 6.20 Å². The van der Waals surface area contributed by atoms with Gasteiger partial charge in [-0.1, -0.05) is 19.1 Å². The summed E-state index contributed by atoms with van der Waals surface area (Å²) in [6, 6.07) is 7.87. The minimum absolute atomic E-state index is 0.794. The molecule has 0 fully saturated rings. The zero-order chi connectivity index (χ0) is 12.6. The fourth-order valence-corrected chi connectivity index (χ4v) is 1.68. The molecule has 96 valence electrons. The Morgan fingerprint density at radius 1 is 1.17 bits per heavy atom. The van der Waals surface area contributed by atoms with E-state index in [0.717, 1.165) is 49.5 Å². The predicted octanol–water partition coefficient (Wildman–Crippen LogP) is 2.86. The highest BCUT2D eigenvalue weighted by Gasteiger charge is 1.98. The molecule has 0 spiro atoms. The van der Waals surface area contributed by atoms with Gasteiger partial charge in [-0.2, -0.15) is 0 Å². The number of ether oxygens (including phenoxy) is 1. The second-order valence-electron chi connectivity index (χ2n) is 4.14. The van der Waals surface area contributed by atoms with Crippen molar-refractivity contribution in [3.8, 4) is 0 Å². The molecule has 0 unspecified atom stereocenters. The standard InChI is InChI=1S/C14H19N3O/c1-2-9-18-10-5-8-15-14-11-16-12-6-3-4-7-13(12)17-14/h3-4,6-7,11H,2,5,8-10H2,1H3,(H,15,17). The summed E-state index contributed by atoms with van der Waals surface area (Å²) in [5.74, 6) is 0.823. The van der Waals surface area contributed by atoms with Crippen LogP contribution in [0.2, 0.25) is 0 Å². The fraction of sp³-hybridized carbons (Fsp3) is 0.429. The molecule has 0 saturated carbocycles. The van der Waals surface area contributed by atoms with Crippen molar-refractivity contribution >= 4 is 16.9 Å². The zero-order valence-corrected chi connectivity index (χ0v) is 10.7. The Balaban J connectivity index is 1.81. The van der Waals surface area contributed by atoms with Crippen LogP contribution in [0.1, 0.15) is 19.8 Å². The minimum atomic E-state index is 0.794. The fourth-order valence-electron chi connectivity index (χ4n) is 1.68. The first-order chi connectivity index (χ1) is 8.90. The first-order valence-corrected chi connectivity index (χ1v) is 6.43. The Hall–Kier alpha value is -1.68. The number of anilines is 1. The van der Waals surface area contributed by atoms with Gasteiger partial charge in [0.2, 0.25) is 0 Å². The summed E-state index contributed by atoms with van der Waals surface area (Å²) >= 11 is 0. The number of para-hydroxylation sites is 2. The normalized spacial score (nSPS) is 10.7. The second-order valence-corrected chi connectivity index (χ2v) is 4.14. The van der Waals surface area contributed by atoms with Gasteiger partial charge >= 0.3 is 0 Å². The average molecular weight is 245 g/mol. The molecule has 0 radical (unpaired) electrons. The summed E-state index contributed by atoms with van der Waals surface area (Å²) in [5, 5.41) is 3.26. The first kappa shape index (κ1) is 12.8. The Morgan fingerprint density at radius 2 is 2.00 bits per heavy atom. The zero-order valence-electron chi connectivity index (χ0n) is 10.7. The molecule has 4 nitrogen and oxygen atoms in total. The van der Waals surface area contributed by atoms with Gasteiger partial charge in [0.15, 0.2) is 0 Å². The molecule has 2 rings (SSSR count). The van der Waals surface area contributed by atoms with Crippen LogP contribution in [0.15, 0.2) is 30.5 Å². The number of hydrogen-bond donors (Lipinski definition) is 1. The third kappa shape index (κ3) is 3.67. The third-order valence-corrected chi connectivity index (χ3v) is 2.57. The van der Waals surface area contributed by atoms with Crippen LogP contribution in [0.3, 0.4) is 0 Å². The quantitative estimate of drug-likeness (QED) is 0.762. The lowest BCUT2D eigenvalue weighted by Crippen LogP contribution is -2.07. The van der Waals surface area contributed by atoms with Crippen molar-refractivity contribution in [1.29, 1.82) is 0 Å². The molecule has 0 aliphatic rings. The van der Waals surface area contributed by atoms with E-state index < -0.39 is 0 Å². The van der Waals surface area contributed by atoms with Crippen molar-refractivity contribution in [3.63, 3.8) is 0 Å². The molecule has 0 aliphatic heterocycles. The first-order valence-electron chi connectivity index (χ1n) is 6.43. The molecule has 1 N–H and O–H groups in total. The largest absolute Gasteiger partial charge is 0.381 e. The van der Waals surface area contributed by atoms with E-state index in [1.165, 1.54) is 0 Å². The molecule has 1 aromatic carbocycles. The average Bonchev–Trinajstić information content (AvgIpc) is 2.42. The van der Waals surface area contributed by atoms with Gasteiger partial charge in [-0.25, -0.2) is 4.98 Å². The topological polar surface area (TPSA) is 47.0 Å². The van der Waals surface area contributed by atoms with E-state index in [-0.39, 0.29) is 0 Å². The monoisotopic (exact) mass is 245 g/mol. The van der Waals surface area contributed by atoms with E-state index >= 15 is 0 Å². The smallest absolute Gasteiger partial charge is 0.145 e. The van der Waals surface area contributed by atoms with Gasteiger partial charge in [-0.15, -0.1) is 0 Å². The van der Waals surface area contributed by atoms with Crippen molar-refractivity contribution in [2.24, 2.45) is 0 Å². The van der Waals surface area contributed by atoms with Crippen molar-refractivity contribution in [2.75, 3.05) is 25.1 Å². The lowest BCUT2D eigenvalue weighted by atomic mass is 10.3. The number of aromatic nitrogens is 2. The molecule has 0 bridgehead atoms. The van der Waals surface area contributed by atoms with E-state index in [1.807, 2.05) is 24.3 Å². The van der Waals surface area contributed by atoms with Crippen LogP contribution < -0.4 is 5.32 Å². The van der Waals surface area contributed by atoms with Gasteiger partial charge in [-0.3, -0.25) is 4.98 Å². The second kappa shape index (κ2) is 6.91. The summed E-state index contributed by atoms with van der Waals surface area (Å²) < 4.78 is 5.41. The number of hydrogen-bond acceptors (Lipinski definition) is 4. The molecule has 0 amide bonds. The number of rotatable bonds is 7. The summed E-state index contributed by atoms with van der Waals surface area (Å²) in [4.78, 5) is 8.85. The van der Waals surface area contributed by atoms with Crippen molar-refractivity contribution in [1.82, 2.24) is 9.97 Å². The van der Waals surface area contributed by atoms with Crippen LogP contribution in [0, 0.1) is 0 Å². The number of nitrogens with zero attached hydrogens (tertiary/aromatic N) is 2. The Labute approximate surface area is 107 Å². The molecular weight excluding hydrogens is 226 g/mol. The number of fused-ring (bicyclic) bond motifs is 1. The van der Waals surface area contributed by atoms with E-state index in [4.69, 9.17) is 4.74 Å². The minimum Gasteiger partial charge on any atom is -0.381 e. The highest BCUT2D eigenvalue weighted by Crippen LogP contribution is 2.10. The predicted molar refractivity (Wildman–Crippen MR) is 73.8 cm³/mol. The molecule has 4 heteroatoms. The van der Waals surface area contributed by atoms with E-state index in [0.29, 0.717) is 0 Å². The van der Waals surface area contributed by atoms with E-state index in [2.05, 4.69) is 22.2 Å². The molecule has 18 heavy (non-hydrogen) atoms. The van der Waals surface area contributed by atoms with Crippen molar-refractivity contribution in [2.45, 2.75) is 19.8 Å². The Morgan fingerprint density at radius 3 is 2.83 bits per heavy atom. The maximum absolute atomic E-state index is 5.41. The van der Waals surface area contributed by atoms with Crippen LogP contribution in [-0.2, 0) is 4.74 Å². The third-order valence-electron chi connectivity index (χ3n) is 2.57. The maximum atomic E-state index is 5.41. The van der Waals surface area contributed by atoms with Crippen LogP contribution in [0.25, 0.3) is 11.0 Å². The van der Waals surface area contributed by atoms with Gasteiger partial charge < -0.3 is 10.1 Å². The Kier molecular flexibility index (Phi) is 4.90. The van der Waals surface area contributed by atoms with Crippen LogP contribution in [0.4, 0.5) is 5.82 Å². The SMILES string of the molecule is CCCOCCCNc1cnc2ccccc2n1. The lowest BCUT2D eigenvalue weighted by Gasteiger charge is -2.06. The Bertz CT molecular complexity index is 487. The summed E-state index contributed by atoms with van der Waals surface area (Å²) in [7, 11) is 0. The van der Waals surface area contributed by atoms with E-state index in [9.17, 15) is 0 Å². The van der Waals surface area contributed by atoms with Crippen LogP contribution in [0.5, 0.6) is 0 Å². The van der Waals surface area contributed by atoms with Crippen LogP contribution in [-0.4, -0.2) is 29.7 Å². The van der Waals surface area contributed by atoms with Crippen molar-refractivity contribution < 1.29 is 4.74 Å². The summed E-state index contributed by atoms with van der Waals surface area (Å²) in [5.41, 5.74) is 1.85. The number of nitrogens with one attached hydrogen (secondary N) is 1. The summed E-state index contributed by atoms with van der Waals surface area (Å²) in [6.07, 6.45) is 3.83. The van der Waals surface area contributed by atoms with Crippen LogP contribution >= 0.6 is 0 Å².